The summed E-state index contributed by atoms with van der Waals surface area (Å²) in [5, 5.41) is 17.5. The number of hydrogen-bond donors (Lipinski definition) is 1. The second-order valence-electron chi connectivity index (χ2n) is 1.91. The quantitative estimate of drug-likeness (QED) is 0.541. The van der Waals surface area contributed by atoms with E-state index in [9.17, 15) is 0 Å². The Labute approximate surface area is 74.3 Å². The van der Waals surface area contributed by atoms with E-state index in [0.29, 0.717) is 16.6 Å². The van der Waals surface area contributed by atoms with Crippen molar-refractivity contribution in [3.05, 3.63) is 18.0 Å². The van der Waals surface area contributed by atoms with Crippen LogP contribution in [0.25, 0.3) is 0 Å². The van der Waals surface area contributed by atoms with E-state index < -0.39 is 0 Å². The number of aromatic nitrogens is 2. The summed E-state index contributed by atoms with van der Waals surface area (Å²) in [7, 11) is 0. The van der Waals surface area contributed by atoms with Gasteiger partial charge >= 0.3 is 0 Å². The van der Waals surface area contributed by atoms with Gasteiger partial charge in [0.2, 0.25) is 0 Å². The Morgan fingerprint density at radius 2 is 2.50 bits per heavy atom. The number of thioether (sulfide) groups is 1. The van der Waals surface area contributed by atoms with Gasteiger partial charge in [0.1, 0.15) is 11.8 Å². The third-order valence-electron chi connectivity index (χ3n) is 1.07. The zero-order valence-electron chi connectivity index (χ0n) is 6.27. The van der Waals surface area contributed by atoms with Gasteiger partial charge in [-0.05, 0) is 6.07 Å². The van der Waals surface area contributed by atoms with Crippen LogP contribution in [0.3, 0.4) is 0 Å². The fraction of sp³-hybridized carbons (Fsp3) is 0.286. The Balaban J connectivity index is 2.68. The van der Waals surface area contributed by atoms with E-state index in [2.05, 4.69) is 9.97 Å². The Morgan fingerprint density at radius 1 is 1.67 bits per heavy atom. The molecule has 0 saturated heterocycles. The smallest absolute Gasteiger partial charge is 0.188 e. The molecule has 0 spiro atoms. The van der Waals surface area contributed by atoms with Crippen molar-refractivity contribution in [1.82, 2.24) is 9.97 Å². The van der Waals surface area contributed by atoms with Crippen LogP contribution in [0.15, 0.2) is 17.4 Å². The largest absolute Gasteiger partial charge is 0.396 e. The lowest BCUT2D eigenvalue weighted by Gasteiger charge is -1.95. The molecule has 0 aromatic carbocycles. The summed E-state index contributed by atoms with van der Waals surface area (Å²) in [6.45, 7) is 0.0881. The topological polar surface area (TPSA) is 69.8 Å². The van der Waals surface area contributed by atoms with Crippen molar-refractivity contribution in [3.63, 3.8) is 0 Å². The molecule has 0 radical (unpaired) electrons. The number of aliphatic hydroxyl groups is 1. The van der Waals surface area contributed by atoms with E-state index in [1.807, 2.05) is 6.07 Å². The minimum Gasteiger partial charge on any atom is -0.396 e. The third-order valence-corrected chi connectivity index (χ3v) is 1.91. The van der Waals surface area contributed by atoms with Crippen LogP contribution < -0.4 is 0 Å². The van der Waals surface area contributed by atoms with Gasteiger partial charge in [0.15, 0.2) is 5.16 Å². The molecule has 0 atom stereocenters. The maximum Gasteiger partial charge on any atom is 0.188 e. The highest BCUT2D eigenvalue weighted by molar-refractivity contribution is 7.99. The van der Waals surface area contributed by atoms with E-state index >= 15 is 0 Å². The Bertz CT molecular complexity index is 297. The number of hydrogen-bond acceptors (Lipinski definition) is 5. The molecule has 0 saturated carbocycles. The molecule has 0 fully saturated rings. The van der Waals surface area contributed by atoms with Crippen molar-refractivity contribution in [2.75, 3.05) is 12.4 Å². The van der Waals surface area contributed by atoms with Gasteiger partial charge in [-0.15, -0.1) is 0 Å². The zero-order chi connectivity index (χ0) is 8.81. The fourth-order valence-electron chi connectivity index (χ4n) is 0.610. The molecule has 0 unspecified atom stereocenters. The molecule has 0 bridgehead atoms. The average Bonchev–Trinajstić information content (AvgIpc) is 2.15. The Hall–Kier alpha value is -1.12. The summed E-state index contributed by atoms with van der Waals surface area (Å²) in [5.41, 5.74) is 0.352. The summed E-state index contributed by atoms with van der Waals surface area (Å²) < 4.78 is 0. The van der Waals surface area contributed by atoms with E-state index in [0.717, 1.165) is 0 Å². The van der Waals surface area contributed by atoms with Crippen LogP contribution in [0.5, 0.6) is 0 Å². The SMILES string of the molecule is N#Cc1ccnc(SCCO)n1. The standard InChI is InChI=1S/C7H7N3OS/c8-5-6-1-2-9-7(10-6)12-4-3-11/h1-2,11H,3-4H2. The van der Waals surface area contributed by atoms with Crippen LogP contribution in [0.4, 0.5) is 0 Å². The highest BCUT2D eigenvalue weighted by Gasteiger charge is 1.97. The molecule has 4 nitrogen and oxygen atoms in total. The van der Waals surface area contributed by atoms with Gasteiger partial charge in [0.25, 0.3) is 0 Å². The summed E-state index contributed by atoms with van der Waals surface area (Å²) in [6.07, 6.45) is 1.53. The van der Waals surface area contributed by atoms with Gasteiger partial charge in [0, 0.05) is 11.9 Å². The predicted molar refractivity (Wildman–Crippen MR) is 44.6 cm³/mol. The Kier molecular flexibility index (Phi) is 3.51. The van der Waals surface area contributed by atoms with Gasteiger partial charge in [-0.25, -0.2) is 9.97 Å². The monoisotopic (exact) mass is 181 g/mol. The zero-order valence-corrected chi connectivity index (χ0v) is 7.08. The van der Waals surface area contributed by atoms with Crippen molar-refractivity contribution in [3.8, 4) is 6.07 Å². The molecule has 1 aromatic heterocycles. The van der Waals surface area contributed by atoms with E-state index in [1.54, 1.807) is 6.07 Å². The number of nitriles is 1. The molecule has 1 heterocycles. The van der Waals surface area contributed by atoms with E-state index in [-0.39, 0.29) is 6.61 Å². The molecule has 1 rings (SSSR count). The van der Waals surface area contributed by atoms with Crippen LogP contribution in [0.2, 0.25) is 0 Å². The lowest BCUT2D eigenvalue weighted by molar-refractivity contribution is 0.322. The molecule has 5 heteroatoms. The summed E-state index contributed by atoms with van der Waals surface area (Å²) in [5.74, 6) is 0.550. The van der Waals surface area contributed by atoms with E-state index in [1.165, 1.54) is 18.0 Å². The minimum absolute atomic E-state index is 0.0881. The van der Waals surface area contributed by atoms with Crippen LogP contribution >= 0.6 is 11.8 Å². The molecular formula is C7H7N3OS. The second-order valence-corrected chi connectivity index (χ2v) is 2.97. The van der Waals surface area contributed by atoms with Crippen molar-refractivity contribution in [2.45, 2.75) is 5.16 Å². The first-order valence-electron chi connectivity index (χ1n) is 3.33. The lowest BCUT2D eigenvalue weighted by atomic mass is 10.5. The molecule has 12 heavy (non-hydrogen) atoms. The first kappa shape index (κ1) is 8.97. The molecule has 0 aliphatic carbocycles. The number of rotatable bonds is 3. The van der Waals surface area contributed by atoms with Gasteiger partial charge in [0.05, 0.1) is 6.61 Å². The molecule has 0 aliphatic heterocycles. The Morgan fingerprint density at radius 3 is 3.17 bits per heavy atom. The summed E-state index contributed by atoms with van der Waals surface area (Å²) in [4.78, 5) is 7.82. The maximum atomic E-state index is 8.51. The van der Waals surface area contributed by atoms with Gasteiger partial charge < -0.3 is 5.11 Å². The fourth-order valence-corrected chi connectivity index (χ4v) is 1.18. The highest BCUT2D eigenvalue weighted by atomic mass is 32.2. The predicted octanol–water partition coefficient (Wildman–Crippen LogP) is 0.433. The molecule has 0 amide bonds. The minimum atomic E-state index is 0.0881. The molecule has 1 aromatic rings. The normalized spacial score (nSPS) is 9.33. The highest BCUT2D eigenvalue weighted by Crippen LogP contribution is 2.10. The molecule has 62 valence electrons. The third kappa shape index (κ3) is 2.49. The van der Waals surface area contributed by atoms with Gasteiger partial charge in [-0.2, -0.15) is 5.26 Å². The van der Waals surface area contributed by atoms with Crippen molar-refractivity contribution in [2.24, 2.45) is 0 Å². The maximum absolute atomic E-state index is 8.51. The number of aliphatic hydroxyl groups excluding tert-OH is 1. The van der Waals surface area contributed by atoms with Crippen LogP contribution in [-0.4, -0.2) is 27.4 Å². The number of nitrogens with zero attached hydrogens (tertiary/aromatic N) is 3. The molecule has 0 aliphatic rings. The first-order valence-corrected chi connectivity index (χ1v) is 4.32. The van der Waals surface area contributed by atoms with Crippen molar-refractivity contribution < 1.29 is 5.11 Å². The summed E-state index contributed by atoms with van der Waals surface area (Å²) >= 11 is 1.33. The van der Waals surface area contributed by atoms with Gasteiger partial charge in [-0.3, -0.25) is 0 Å². The van der Waals surface area contributed by atoms with Crippen LogP contribution in [-0.2, 0) is 0 Å². The van der Waals surface area contributed by atoms with Crippen molar-refractivity contribution >= 4 is 11.8 Å². The summed E-state index contributed by atoms with van der Waals surface area (Å²) in [6, 6.07) is 3.46. The average molecular weight is 181 g/mol. The molecular weight excluding hydrogens is 174 g/mol. The lowest BCUT2D eigenvalue weighted by Crippen LogP contribution is -1.92. The molecule has 1 N–H and O–H groups in total. The van der Waals surface area contributed by atoms with Crippen LogP contribution in [0.1, 0.15) is 5.69 Å². The van der Waals surface area contributed by atoms with E-state index in [4.69, 9.17) is 10.4 Å². The van der Waals surface area contributed by atoms with Gasteiger partial charge in [-0.1, -0.05) is 11.8 Å². The van der Waals surface area contributed by atoms with Crippen molar-refractivity contribution in [1.29, 1.82) is 5.26 Å². The van der Waals surface area contributed by atoms with Crippen LogP contribution in [0, 0.1) is 11.3 Å². The first-order chi connectivity index (χ1) is 5.86. The second kappa shape index (κ2) is 4.70.